The normalized spacial score (nSPS) is 29.3. The number of benzene rings is 3. The Morgan fingerprint density at radius 2 is 1.67 bits per heavy atom. The van der Waals surface area contributed by atoms with Crippen LogP contribution in [0.4, 0.5) is 5.69 Å². The number of nitrogens with one attached hydrogen (secondary N) is 1. The van der Waals surface area contributed by atoms with Gasteiger partial charge >= 0.3 is 5.97 Å². The summed E-state index contributed by atoms with van der Waals surface area (Å²) < 4.78 is 12.3. The van der Waals surface area contributed by atoms with Crippen molar-refractivity contribution in [1.29, 1.82) is 0 Å². The molecule has 49 heavy (non-hydrogen) atoms. The summed E-state index contributed by atoms with van der Waals surface area (Å²) in [4.78, 5) is 59.8. The Bertz CT molecular complexity index is 1790. The summed E-state index contributed by atoms with van der Waals surface area (Å²) in [7, 11) is 0. The van der Waals surface area contributed by atoms with Gasteiger partial charge in [-0.15, -0.1) is 0 Å². The third-order valence-electron chi connectivity index (χ3n) is 10.2. The molecule has 3 amide bonds. The second-order valence-corrected chi connectivity index (χ2v) is 13.2. The van der Waals surface area contributed by atoms with Crippen LogP contribution in [0.3, 0.4) is 0 Å². The number of cyclic esters (lactones) is 1. The zero-order valence-electron chi connectivity index (χ0n) is 27.3. The summed E-state index contributed by atoms with van der Waals surface area (Å²) in [6.45, 7) is 0.458. The lowest BCUT2D eigenvalue weighted by atomic mass is 9.74. The summed E-state index contributed by atoms with van der Waals surface area (Å²) in [6.07, 6.45) is 9.03. The maximum atomic E-state index is 15.0. The number of hydrogen-bond acceptors (Lipinski definition) is 7. The Kier molecular flexibility index (Phi) is 9.33. The minimum atomic E-state index is -1.33. The molecule has 0 saturated carbocycles. The number of amides is 3. The first-order valence-corrected chi connectivity index (χ1v) is 17.2. The monoisotopic (exact) mass is 663 g/mol. The van der Waals surface area contributed by atoms with Gasteiger partial charge in [0, 0.05) is 31.8 Å². The lowest BCUT2D eigenvalue weighted by Gasteiger charge is -2.36. The van der Waals surface area contributed by atoms with E-state index in [1.807, 2.05) is 91.0 Å². The standard InChI is InChI=1S/C39H41N3O7/c43-23-11-3-10-22-42-35-38(47)41(29-18-17-26-12-7-8-15-28(26)24-29)21-9-2-6-16-32(44)48-25-30(27-13-4-1-5-14-27)40-36(45)33-31-19-20-39(35,49-31)34(33)37(42)46/h1-2,4-5,7-9,12-15,17-20,24,30-31,33-35,43H,3,6,10-11,16,21-23,25H2,(H,40,45)/b9-2-/t30-,31-,33+,34+,35-,39+/m1/s1. The molecule has 254 valence electrons. The number of carbonyl (C=O) groups excluding carboxylic acids is 4. The van der Waals surface area contributed by atoms with Crippen molar-refractivity contribution in [1.82, 2.24) is 10.2 Å². The van der Waals surface area contributed by atoms with Crippen molar-refractivity contribution in [3.05, 3.63) is 103 Å². The molecule has 4 aliphatic heterocycles. The number of anilines is 1. The molecule has 2 N–H and O–H groups in total. The maximum absolute atomic E-state index is 15.0. The molecule has 0 radical (unpaired) electrons. The molecule has 0 aromatic heterocycles. The van der Waals surface area contributed by atoms with Crippen molar-refractivity contribution in [3.8, 4) is 0 Å². The third kappa shape index (κ3) is 6.15. The molecule has 0 unspecified atom stereocenters. The quantitative estimate of drug-likeness (QED) is 0.220. The fraction of sp³-hybridized carbons (Fsp3) is 0.385. The van der Waals surface area contributed by atoms with E-state index in [9.17, 15) is 19.5 Å². The highest BCUT2D eigenvalue weighted by molar-refractivity contribution is 6.06. The number of unbranched alkanes of at least 4 members (excludes halogenated alkanes) is 2. The lowest BCUT2D eigenvalue weighted by molar-refractivity contribution is -0.145. The van der Waals surface area contributed by atoms with E-state index in [0.29, 0.717) is 31.4 Å². The van der Waals surface area contributed by atoms with Gasteiger partial charge in [0.05, 0.1) is 24.0 Å². The van der Waals surface area contributed by atoms with Gasteiger partial charge in [0.1, 0.15) is 18.2 Å². The zero-order valence-corrected chi connectivity index (χ0v) is 27.3. The first kappa shape index (κ1) is 32.7. The van der Waals surface area contributed by atoms with Crippen molar-refractivity contribution in [2.45, 2.75) is 55.9 Å². The van der Waals surface area contributed by atoms with Gasteiger partial charge in [-0.1, -0.05) is 85.0 Å². The van der Waals surface area contributed by atoms with Crippen LogP contribution >= 0.6 is 0 Å². The van der Waals surface area contributed by atoms with Crippen molar-refractivity contribution < 1.29 is 33.8 Å². The minimum Gasteiger partial charge on any atom is -0.463 e. The Hall–Kier alpha value is -4.80. The number of hydrogen-bond donors (Lipinski definition) is 2. The van der Waals surface area contributed by atoms with Gasteiger partial charge < -0.3 is 29.7 Å². The van der Waals surface area contributed by atoms with E-state index in [-0.39, 0.29) is 44.5 Å². The molecule has 10 nitrogen and oxygen atoms in total. The molecule has 10 heteroatoms. The topological polar surface area (TPSA) is 125 Å². The van der Waals surface area contributed by atoms with E-state index in [0.717, 1.165) is 16.3 Å². The van der Waals surface area contributed by atoms with Crippen LogP contribution in [-0.4, -0.2) is 77.7 Å². The van der Waals surface area contributed by atoms with Crippen LogP contribution in [0, 0.1) is 11.8 Å². The number of rotatable bonds is 7. The molecule has 2 saturated heterocycles. The van der Waals surface area contributed by atoms with Gasteiger partial charge in [-0.05, 0) is 54.2 Å². The van der Waals surface area contributed by atoms with Crippen LogP contribution in [0.1, 0.15) is 43.7 Å². The van der Waals surface area contributed by atoms with Crippen molar-refractivity contribution in [3.63, 3.8) is 0 Å². The predicted octanol–water partition coefficient (Wildman–Crippen LogP) is 4.24. The summed E-state index contributed by atoms with van der Waals surface area (Å²) in [5, 5.41) is 14.5. The average Bonchev–Trinajstić information content (AvgIpc) is 3.77. The highest BCUT2D eigenvalue weighted by atomic mass is 16.5. The maximum Gasteiger partial charge on any atom is 0.306 e. The van der Waals surface area contributed by atoms with Crippen molar-refractivity contribution in [2.75, 3.05) is 31.2 Å². The van der Waals surface area contributed by atoms with Crippen LogP contribution in [0.5, 0.6) is 0 Å². The Morgan fingerprint density at radius 1 is 0.878 bits per heavy atom. The summed E-state index contributed by atoms with van der Waals surface area (Å²) in [5.74, 6) is -3.21. The largest absolute Gasteiger partial charge is 0.463 e. The molecule has 3 aromatic rings. The number of ether oxygens (including phenoxy) is 2. The molecule has 4 heterocycles. The van der Waals surface area contributed by atoms with E-state index in [4.69, 9.17) is 9.47 Å². The second kappa shape index (κ2) is 14.0. The fourth-order valence-electron chi connectivity index (χ4n) is 7.80. The van der Waals surface area contributed by atoms with Gasteiger partial charge in [-0.3, -0.25) is 19.2 Å². The number of carbonyl (C=O) groups is 4. The molecular formula is C39H41N3O7. The van der Waals surface area contributed by atoms with E-state index >= 15 is 4.79 Å². The number of allylic oxidation sites excluding steroid dienone is 1. The van der Waals surface area contributed by atoms with Crippen molar-refractivity contribution >= 4 is 40.2 Å². The molecule has 4 aliphatic rings. The van der Waals surface area contributed by atoms with Crippen LogP contribution in [0.15, 0.2) is 97.1 Å². The molecular weight excluding hydrogens is 622 g/mol. The molecule has 7 rings (SSSR count). The number of aliphatic hydroxyl groups excluding tert-OH is 1. The molecule has 0 aliphatic carbocycles. The number of esters is 1. The van der Waals surface area contributed by atoms with Gasteiger partial charge in [0.15, 0.2) is 0 Å². The van der Waals surface area contributed by atoms with Gasteiger partial charge in [-0.2, -0.15) is 0 Å². The van der Waals surface area contributed by atoms with Crippen LogP contribution in [-0.2, 0) is 28.7 Å². The molecule has 1 spiro atoms. The van der Waals surface area contributed by atoms with Gasteiger partial charge in [0.2, 0.25) is 11.8 Å². The third-order valence-corrected chi connectivity index (χ3v) is 10.2. The molecule has 2 fully saturated rings. The highest BCUT2D eigenvalue weighted by Gasteiger charge is 2.73. The van der Waals surface area contributed by atoms with Crippen LogP contribution in [0.25, 0.3) is 10.8 Å². The van der Waals surface area contributed by atoms with Crippen LogP contribution < -0.4 is 10.2 Å². The van der Waals surface area contributed by atoms with E-state index in [1.165, 1.54) is 0 Å². The SMILES string of the molecule is O=C1CC/C=C\CN(c2ccc3ccccc3c2)C(=O)[C@H]2N(CCCCCO)C(=O)[C@@H]3[C@@H](C(=O)N[C@@H](c4ccccc4)CO1)[C@H]1C=C[C@]32O1. The number of likely N-dealkylation sites (tertiary alicyclic amines) is 1. The van der Waals surface area contributed by atoms with Gasteiger partial charge in [-0.25, -0.2) is 0 Å². The van der Waals surface area contributed by atoms with Crippen LogP contribution in [0.2, 0.25) is 0 Å². The first-order valence-electron chi connectivity index (χ1n) is 17.2. The number of nitrogens with zero attached hydrogens (tertiary/aromatic N) is 2. The Labute approximate surface area is 285 Å². The van der Waals surface area contributed by atoms with E-state index < -0.39 is 47.5 Å². The smallest absolute Gasteiger partial charge is 0.306 e. The molecule has 5 bridgehead atoms. The molecule has 3 aromatic carbocycles. The zero-order chi connectivity index (χ0) is 34.0. The molecule has 6 atom stereocenters. The lowest BCUT2D eigenvalue weighted by Crippen LogP contribution is -2.56. The summed E-state index contributed by atoms with van der Waals surface area (Å²) in [6, 6.07) is 21.3. The minimum absolute atomic E-state index is 0.0403. The van der Waals surface area contributed by atoms with E-state index in [2.05, 4.69) is 5.32 Å². The highest BCUT2D eigenvalue weighted by Crippen LogP contribution is 2.55. The average molecular weight is 664 g/mol. The van der Waals surface area contributed by atoms with Gasteiger partial charge in [0.25, 0.3) is 5.91 Å². The Balaban J connectivity index is 1.30. The summed E-state index contributed by atoms with van der Waals surface area (Å²) in [5.41, 5.74) is 0.0899. The van der Waals surface area contributed by atoms with E-state index in [1.54, 1.807) is 15.9 Å². The number of fused-ring (bicyclic) bond motifs is 3. The number of aliphatic hydroxyl groups is 1. The van der Waals surface area contributed by atoms with Crippen molar-refractivity contribution in [2.24, 2.45) is 11.8 Å². The fourth-order valence-corrected chi connectivity index (χ4v) is 7.80. The Morgan fingerprint density at radius 3 is 2.49 bits per heavy atom. The first-order chi connectivity index (χ1) is 23.9. The summed E-state index contributed by atoms with van der Waals surface area (Å²) >= 11 is 0. The predicted molar refractivity (Wildman–Crippen MR) is 183 cm³/mol. The second-order valence-electron chi connectivity index (χ2n) is 13.2.